The summed E-state index contributed by atoms with van der Waals surface area (Å²) in [5.41, 5.74) is 0.960. The van der Waals surface area contributed by atoms with Gasteiger partial charge in [0.15, 0.2) is 0 Å². The number of aromatic nitrogens is 4. The number of hydrogen-bond donors (Lipinski definition) is 1. The van der Waals surface area contributed by atoms with E-state index < -0.39 is 10.0 Å². The fourth-order valence-corrected chi connectivity index (χ4v) is 4.51. The van der Waals surface area contributed by atoms with Crippen LogP contribution in [0.3, 0.4) is 0 Å². The highest BCUT2D eigenvalue weighted by molar-refractivity contribution is 7.89. The highest BCUT2D eigenvalue weighted by atomic mass is 35.5. The smallest absolute Gasteiger partial charge is 0.263 e. The summed E-state index contributed by atoms with van der Waals surface area (Å²) in [7, 11) is -2.00. The third-order valence-electron chi connectivity index (χ3n) is 3.76. The third kappa shape index (κ3) is 2.58. The van der Waals surface area contributed by atoms with E-state index >= 15 is 0 Å². The zero-order chi connectivity index (χ0) is 15.0. The van der Waals surface area contributed by atoms with Gasteiger partial charge in [0.1, 0.15) is 5.15 Å². The highest BCUT2D eigenvalue weighted by Crippen LogP contribution is 2.30. The van der Waals surface area contributed by atoms with E-state index in [1.54, 1.807) is 13.2 Å². The maximum Gasteiger partial charge on any atom is 0.263 e. The van der Waals surface area contributed by atoms with Crippen LogP contribution in [0.15, 0.2) is 23.6 Å². The van der Waals surface area contributed by atoms with Gasteiger partial charge in [0.2, 0.25) is 5.03 Å². The van der Waals surface area contributed by atoms with E-state index in [1.165, 1.54) is 15.2 Å². The van der Waals surface area contributed by atoms with E-state index in [0.717, 1.165) is 18.5 Å². The molecule has 1 unspecified atom stereocenters. The molecule has 0 amide bonds. The van der Waals surface area contributed by atoms with Crippen LogP contribution in [0.4, 0.5) is 0 Å². The summed E-state index contributed by atoms with van der Waals surface area (Å²) in [6.45, 7) is 0.900. The molecule has 0 aromatic carbocycles. The fourth-order valence-electron chi connectivity index (χ4n) is 2.60. The minimum atomic E-state index is -3.66. The lowest BCUT2D eigenvalue weighted by Crippen LogP contribution is -2.39. The number of aromatic amines is 1. The molecule has 0 aliphatic carbocycles. The van der Waals surface area contributed by atoms with Crippen LogP contribution in [0.5, 0.6) is 0 Å². The van der Waals surface area contributed by atoms with E-state index in [4.69, 9.17) is 11.6 Å². The molecule has 0 saturated carbocycles. The van der Waals surface area contributed by atoms with Crippen LogP contribution in [0.1, 0.15) is 24.5 Å². The van der Waals surface area contributed by atoms with E-state index in [0.29, 0.717) is 13.1 Å². The number of nitrogens with zero attached hydrogens (tertiary/aromatic N) is 4. The largest absolute Gasteiger partial charge is 0.324 e. The van der Waals surface area contributed by atoms with E-state index in [2.05, 4.69) is 15.2 Å². The Labute approximate surface area is 128 Å². The fraction of sp³-hybridized carbons (Fsp3) is 0.500. The Bertz CT molecular complexity index is 725. The summed E-state index contributed by atoms with van der Waals surface area (Å²) in [5, 5.41) is 6.91. The lowest BCUT2D eigenvalue weighted by Gasteiger charge is -2.30. The summed E-state index contributed by atoms with van der Waals surface area (Å²) in [4.78, 5) is 3.93. The van der Waals surface area contributed by atoms with Gasteiger partial charge in [-0.1, -0.05) is 11.6 Å². The van der Waals surface area contributed by atoms with Crippen LogP contribution in [-0.2, 0) is 17.1 Å². The Kier molecular flexibility index (Phi) is 3.76. The molecule has 114 valence electrons. The average molecular weight is 330 g/mol. The normalized spacial score (nSPS) is 20.8. The van der Waals surface area contributed by atoms with Crippen LogP contribution >= 0.6 is 11.6 Å². The molecule has 7 nitrogen and oxygen atoms in total. The molecule has 2 aromatic heterocycles. The van der Waals surface area contributed by atoms with Crippen molar-refractivity contribution in [1.82, 2.24) is 24.1 Å². The molecule has 0 radical (unpaired) electrons. The van der Waals surface area contributed by atoms with Gasteiger partial charge in [0.05, 0.1) is 6.33 Å². The zero-order valence-electron chi connectivity index (χ0n) is 11.5. The number of aryl methyl sites for hydroxylation is 1. The first-order chi connectivity index (χ1) is 10.00. The monoisotopic (exact) mass is 329 g/mol. The Morgan fingerprint density at radius 1 is 1.48 bits per heavy atom. The van der Waals surface area contributed by atoms with Crippen LogP contribution in [0, 0.1) is 0 Å². The van der Waals surface area contributed by atoms with Crippen LogP contribution in [0.2, 0.25) is 5.15 Å². The molecule has 1 atom stereocenters. The third-order valence-corrected chi connectivity index (χ3v) is 6.12. The second-order valence-corrected chi connectivity index (χ2v) is 7.38. The van der Waals surface area contributed by atoms with E-state index in [-0.39, 0.29) is 16.1 Å². The van der Waals surface area contributed by atoms with Crippen molar-refractivity contribution in [2.45, 2.75) is 23.8 Å². The van der Waals surface area contributed by atoms with Gasteiger partial charge in [0, 0.05) is 37.9 Å². The van der Waals surface area contributed by atoms with Crippen molar-refractivity contribution >= 4 is 21.6 Å². The predicted molar refractivity (Wildman–Crippen MR) is 77.5 cm³/mol. The number of rotatable bonds is 3. The quantitative estimate of drug-likeness (QED) is 0.921. The maximum atomic E-state index is 12.7. The second-order valence-electron chi connectivity index (χ2n) is 5.17. The van der Waals surface area contributed by atoms with Crippen molar-refractivity contribution in [2.24, 2.45) is 7.05 Å². The van der Waals surface area contributed by atoms with Gasteiger partial charge in [0.25, 0.3) is 10.0 Å². The number of hydrogen-bond acceptors (Lipinski definition) is 4. The molecule has 3 heterocycles. The summed E-state index contributed by atoms with van der Waals surface area (Å²) in [6.07, 6.45) is 4.82. The standard InChI is InChI=1S/C12H16ClN5O2S/c1-17-8-14-12(11(17)13)21(19,20)18-6-2-3-9(7-18)10-4-5-15-16-10/h4-5,8-9H,2-3,6-7H2,1H3,(H,15,16). The number of H-pyrrole nitrogens is 1. The van der Waals surface area contributed by atoms with Crippen molar-refractivity contribution in [3.63, 3.8) is 0 Å². The number of imidazole rings is 1. The van der Waals surface area contributed by atoms with Gasteiger partial charge < -0.3 is 4.57 Å². The van der Waals surface area contributed by atoms with Crippen molar-refractivity contribution in [1.29, 1.82) is 0 Å². The number of halogens is 1. The van der Waals surface area contributed by atoms with Gasteiger partial charge in [-0.15, -0.1) is 0 Å². The minimum Gasteiger partial charge on any atom is -0.324 e. The van der Waals surface area contributed by atoms with Gasteiger partial charge in [-0.25, -0.2) is 13.4 Å². The molecule has 1 fully saturated rings. The van der Waals surface area contributed by atoms with Crippen LogP contribution in [-0.4, -0.2) is 45.6 Å². The number of piperidine rings is 1. The molecule has 21 heavy (non-hydrogen) atoms. The molecule has 1 aliphatic rings. The predicted octanol–water partition coefficient (Wildman–Crippen LogP) is 1.36. The molecule has 1 saturated heterocycles. The minimum absolute atomic E-state index is 0.0723. The van der Waals surface area contributed by atoms with Gasteiger partial charge in [-0.2, -0.15) is 9.40 Å². The Balaban J connectivity index is 1.87. The van der Waals surface area contributed by atoms with Gasteiger partial charge >= 0.3 is 0 Å². The molecular weight excluding hydrogens is 314 g/mol. The SMILES string of the molecule is Cn1cnc(S(=O)(=O)N2CCCC(c3ccn[nH]3)C2)c1Cl. The van der Waals surface area contributed by atoms with Crippen molar-refractivity contribution in [2.75, 3.05) is 13.1 Å². The van der Waals surface area contributed by atoms with Crippen molar-refractivity contribution in [3.05, 3.63) is 29.4 Å². The van der Waals surface area contributed by atoms with Crippen LogP contribution < -0.4 is 0 Å². The summed E-state index contributed by atoms with van der Waals surface area (Å²) >= 11 is 6.03. The van der Waals surface area contributed by atoms with E-state index in [9.17, 15) is 8.42 Å². The number of nitrogens with one attached hydrogen (secondary N) is 1. The van der Waals surface area contributed by atoms with Crippen molar-refractivity contribution < 1.29 is 8.42 Å². The van der Waals surface area contributed by atoms with Gasteiger partial charge in [-0.3, -0.25) is 5.10 Å². The molecular formula is C12H16ClN5O2S. The molecule has 1 aliphatic heterocycles. The molecule has 1 N–H and O–H groups in total. The Morgan fingerprint density at radius 2 is 2.29 bits per heavy atom. The van der Waals surface area contributed by atoms with Crippen LogP contribution in [0.25, 0.3) is 0 Å². The molecule has 3 rings (SSSR count). The molecule has 0 bridgehead atoms. The first-order valence-electron chi connectivity index (χ1n) is 6.66. The zero-order valence-corrected chi connectivity index (χ0v) is 13.1. The lowest BCUT2D eigenvalue weighted by molar-refractivity contribution is 0.312. The summed E-state index contributed by atoms with van der Waals surface area (Å²) < 4.78 is 28.3. The Hall–Kier alpha value is -1.38. The van der Waals surface area contributed by atoms with E-state index in [1.807, 2.05) is 6.07 Å². The first kappa shape index (κ1) is 14.6. The highest BCUT2D eigenvalue weighted by Gasteiger charge is 2.34. The summed E-state index contributed by atoms with van der Waals surface area (Å²) in [5.74, 6) is 0.124. The average Bonchev–Trinajstić information content (AvgIpc) is 3.11. The molecule has 9 heteroatoms. The molecule has 2 aromatic rings. The lowest BCUT2D eigenvalue weighted by atomic mass is 9.96. The Morgan fingerprint density at radius 3 is 2.90 bits per heavy atom. The van der Waals surface area contributed by atoms with Gasteiger partial charge in [-0.05, 0) is 18.9 Å². The molecule has 0 spiro atoms. The van der Waals surface area contributed by atoms with Crippen molar-refractivity contribution in [3.8, 4) is 0 Å². The second kappa shape index (κ2) is 5.43. The number of sulfonamides is 1. The topological polar surface area (TPSA) is 83.9 Å². The maximum absolute atomic E-state index is 12.7. The summed E-state index contributed by atoms with van der Waals surface area (Å²) in [6, 6.07) is 1.88. The first-order valence-corrected chi connectivity index (χ1v) is 8.48.